The fourth-order valence-electron chi connectivity index (χ4n) is 3.18. The highest BCUT2D eigenvalue weighted by Crippen LogP contribution is 2.26. The summed E-state index contributed by atoms with van der Waals surface area (Å²) in [4.78, 5) is 32.2. The van der Waals surface area contributed by atoms with E-state index < -0.39 is 11.9 Å². The molecule has 0 fully saturated rings. The van der Waals surface area contributed by atoms with Gasteiger partial charge < -0.3 is 9.47 Å². The molecular weight excluding hydrogens is 428 g/mol. The molecule has 34 heavy (non-hydrogen) atoms. The van der Waals surface area contributed by atoms with E-state index in [1.165, 1.54) is 0 Å². The van der Waals surface area contributed by atoms with Gasteiger partial charge in [-0.3, -0.25) is 0 Å². The van der Waals surface area contributed by atoms with E-state index in [1.54, 1.807) is 24.3 Å². The van der Waals surface area contributed by atoms with Gasteiger partial charge >= 0.3 is 11.9 Å². The van der Waals surface area contributed by atoms with Crippen molar-refractivity contribution in [2.24, 2.45) is 0 Å². The normalized spacial score (nSPS) is 10.2. The first kappa shape index (κ1) is 22.4. The zero-order valence-electron chi connectivity index (χ0n) is 18.2. The number of rotatable bonds is 7. The van der Waals surface area contributed by atoms with Crippen LogP contribution in [0, 0.1) is 0 Å². The van der Waals surface area contributed by atoms with Crippen molar-refractivity contribution in [2.75, 3.05) is 0 Å². The number of benzene rings is 2. The first-order valence-corrected chi connectivity index (χ1v) is 10.4. The van der Waals surface area contributed by atoms with Crippen molar-refractivity contribution in [3.05, 3.63) is 110 Å². The Bertz CT molecular complexity index is 1250. The van der Waals surface area contributed by atoms with Crippen LogP contribution in [0.5, 0.6) is 11.5 Å². The molecule has 0 saturated carbocycles. The second kappa shape index (κ2) is 10.2. The predicted octanol–water partition coefficient (Wildman–Crippen LogP) is 5.66. The van der Waals surface area contributed by atoms with Gasteiger partial charge in [-0.2, -0.15) is 0 Å². The van der Waals surface area contributed by atoms with Gasteiger partial charge in [0.15, 0.2) is 0 Å². The standard InChI is InChI=1S/C28H20N2O4/c1-3-27(31)33-21-15-11-19(12-16-21)23-7-5-9-25(29-23)26-10-6-8-24(30-26)20-13-17-22(18-14-20)34-28(32)4-2/h3-18H,1-2H2. The van der Waals surface area contributed by atoms with Crippen molar-refractivity contribution in [2.45, 2.75) is 0 Å². The Morgan fingerprint density at radius 2 is 0.912 bits per heavy atom. The quantitative estimate of drug-likeness (QED) is 0.206. The lowest BCUT2D eigenvalue weighted by Gasteiger charge is -2.08. The van der Waals surface area contributed by atoms with E-state index in [-0.39, 0.29) is 0 Å². The van der Waals surface area contributed by atoms with E-state index in [4.69, 9.17) is 19.4 Å². The van der Waals surface area contributed by atoms with Gasteiger partial charge in [0.2, 0.25) is 0 Å². The van der Waals surface area contributed by atoms with Crippen molar-refractivity contribution in [3.8, 4) is 45.4 Å². The average Bonchev–Trinajstić information content (AvgIpc) is 2.89. The highest BCUT2D eigenvalue weighted by Gasteiger charge is 2.08. The molecule has 2 aromatic carbocycles. The maximum absolute atomic E-state index is 11.4. The zero-order chi connectivity index (χ0) is 23.9. The molecule has 0 atom stereocenters. The maximum atomic E-state index is 11.4. The highest BCUT2D eigenvalue weighted by molar-refractivity contribution is 5.84. The molecule has 0 saturated heterocycles. The second-order valence-corrected chi connectivity index (χ2v) is 7.12. The number of carbonyl (C=O) groups excluding carboxylic acids is 2. The third-order valence-corrected chi connectivity index (χ3v) is 4.83. The van der Waals surface area contributed by atoms with E-state index in [0.29, 0.717) is 11.5 Å². The number of aromatic nitrogens is 2. The van der Waals surface area contributed by atoms with Crippen molar-refractivity contribution >= 4 is 11.9 Å². The maximum Gasteiger partial charge on any atom is 0.335 e. The summed E-state index contributed by atoms with van der Waals surface area (Å²) in [7, 11) is 0. The van der Waals surface area contributed by atoms with E-state index in [9.17, 15) is 9.59 Å². The molecule has 0 N–H and O–H groups in total. The van der Waals surface area contributed by atoms with Gasteiger partial charge in [0.05, 0.1) is 22.8 Å². The molecule has 0 spiro atoms. The van der Waals surface area contributed by atoms with E-state index in [0.717, 1.165) is 46.1 Å². The molecule has 2 aromatic heterocycles. The third-order valence-electron chi connectivity index (χ3n) is 4.83. The van der Waals surface area contributed by atoms with Crippen LogP contribution < -0.4 is 9.47 Å². The number of carbonyl (C=O) groups is 2. The zero-order valence-corrected chi connectivity index (χ0v) is 18.2. The lowest BCUT2D eigenvalue weighted by molar-refractivity contribution is -0.129. The topological polar surface area (TPSA) is 78.4 Å². The van der Waals surface area contributed by atoms with Crippen LogP contribution in [0.1, 0.15) is 0 Å². The van der Waals surface area contributed by atoms with Gasteiger partial charge in [-0.25, -0.2) is 19.6 Å². The SMILES string of the molecule is C=CC(=O)Oc1ccc(-c2cccc(-c3cccc(-c4ccc(OC(=O)C=C)cc4)n3)n2)cc1. The van der Waals surface area contributed by atoms with Crippen LogP contribution in [-0.2, 0) is 9.59 Å². The summed E-state index contributed by atoms with van der Waals surface area (Å²) >= 11 is 0. The largest absolute Gasteiger partial charge is 0.423 e. The average molecular weight is 448 g/mol. The Hall–Kier alpha value is -4.84. The molecule has 4 rings (SSSR count). The van der Waals surface area contributed by atoms with Crippen LogP contribution in [0.25, 0.3) is 33.9 Å². The molecule has 0 aliphatic heterocycles. The minimum atomic E-state index is -0.508. The molecule has 4 aromatic rings. The molecule has 2 heterocycles. The van der Waals surface area contributed by atoms with Crippen LogP contribution in [0.4, 0.5) is 0 Å². The second-order valence-electron chi connectivity index (χ2n) is 7.12. The molecule has 0 amide bonds. The summed E-state index contributed by atoms with van der Waals surface area (Å²) < 4.78 is 10.2. The predicted molar refractivity (Wildman–Crippen MR) is 130 cm³/mol. The Kier molecular flexibility index (Phi) is 6.70. The van der Waals surface area contributed by atoms with Gasteiger partial charge in [-0.1, -0.05) is 25.3 Å². The summed E-state index contributed by atoms with van der Waals surface area (Å²) in [5.74, 6) is -0.147. The van der Waals surface area contributed by atoms with E-state index >= 15 is 0 Å². The highest BCUT2D eigenvalue weighted by atomic mass is 16.5. The lowest BCUT2D eigenvalue weighted by atomic mass is 10.1. The number of ether oxygens (including phenoxy) is 2. The summed E-state index contributed by atoms with van der Waals surface area (Å²) in [6.07, 6.45) is 2.23. The Morgan fingerprint density at radius 1 is 0.559 bits per heavy atom. The fraction of sp³-hybridized carbons (Fsp3) is 0. The lowest BCUT2D eigenvalue weighted by Crippen LogP contribution is -2.02. The van der Waals surface area contributed by atoms with Gasteiger partial charge in [0.1, 0.15) is 11.5 Å². The Morgan fingerprint density at radius 3 is 1.26 bits per heavy atom. The van der Waals surface area contributed by atoms with Crippen LogP contribution in [-0.4, -0.2) is 21.9 Å². The van der Waals surface area contributed by atoms with Gasteiger partial charge in [0.25, 0.3) is 0 Å². The number of hydrogen-bond donors (Lipinski definition) is 0. The molecule has 6 heteroatoms. The third kappa shape index (κ3) is 5.31. The van der Waals surface area contributed by atoms with Crippen molar-refractivity contribution < 1.29 is 19.1 Å². The number of hydrogen-bond acceptors (Lipinski definition) is 6. The van der Waals surface area contributed by atoms with Crippen LogP contribution >= 0.6 is 0 Å². The first-order valence-electron chi connectivity index (χ1n) is 10.4. The molecule has 0 bridgehead atoms. The number of pyridine rings is 2. The molecule has 0 radical (unpaired) electrons. The molecular formula is C28H20N2O4. The van der Waals surface area contributed by atoms with Crippen molar-refractivity contribution in [1.29, 1.82) is 0 Å². The first-order chi connectivity index (χ1) is 16.6. The Labute approximate surface area is 196 Å². The molecule has 6 nitrogen and oxygen atoms in total. The monoisotopic (exact) mass is 448 g/mol. The summed E-state index contributed by atoms with van der Waals surface area (Å²) in [5.41, 5.74) is 4.72. The van der Waals surface area contributed by atoms with Crippen LogP contribution in [0.3, 0.4) is 0 Å². The number of nitrogens with zero attached hydrogens (tertiary/aromatic N) is 2. The summed E-state index contributed by atoms with van der Waals surface area (Å²) in [5, 5.41) is 0. The minimum Gasteiger partial charge on any atom is -0.423 e. The van der Waals surface area contributed by atoms with Gasteiger partial charge in [-0.15, -0.1) is 0 Å². The van der Waals surface area contributed by atoms with Crippen LogP contribution in [0.2, 0.25) is 0 Å². The minimum absolute atomic E-state index is 0.435. The molecule has 0 aliphatic carbocycles. The molecule has 166 valence electrons. The summed E-state index contributed by atoms with van der Waals surface area (Å²) in [6, 6.07) is 25.6. The molecule has 0 aliphatic rings. The Balaban J connectivity index is 1.57. The smallest absolute Gasteiger partial charge is 0.335 e. The number of esters is 2. The van der Waals surface area contributed by atoms with Crippen molar-refractivity contribution in [3.63, 3.8) is 0 Å². The van der Waals surface area contributed by atoms with Gasteiger partial charge in [0, 0.05) is 23.3 Å². The van der Waals surface area contributed by atoms with Gasteiger partial charge in [-0.05, 0) is 72.8 Å². The fourth-order valence-corrected chi connectivity index (χ4v) is 3.18. The van der Waals surface area contributed by atoms with Crippen LogP contribution in [0.15, 0.2) is 110 Å². The molecule has 0 unspecified atom stereocenters. The summed E-state index contributed by atoms with van der Waals surface area (Å²) in [6.45, 7) is 6.78. The van der Waals surface area contributed by atoms with E-state index in [2.05, 4.69) is 13.2 Å². The van der Waals surface area contributed by atoms with Crippen molar-refractivity contribution in [1.82, 2.24) is 9.97 Å². The van der Waals surface area contributed by atoms with E-state index in [1.807, 2.05) is 60.7 Å².